The molecule has 0 aliphatic carbocycles. The first kappa shape index (κ1) is 13.6. The minimum Gasteiger partial charge on any atom is -0.457 e. The van der Waals surface area contributed by atoms with E-state index in [-0.39, 0.29) is 11.9 Å². The van der Waals surface area contributed by atoms with E-state index in [9.17, 15) is 4.39 Å². The molecule has 0 bridgehead atoms. The van der Waals surface area contributed by atoms with Gasteiger partial charge < -0.3 is 10.5 Å². The van der Waals surface area contributed by atoms with E-state index in [1.165, 1.54) is 12.1 Å². The zero-order chi connectivity index (χ0) is 14.8. The summed E-state index contributed by atoms with van der Waals surface area (Å²) in [6, 6.07) is 18.0. The van der Waals surface area contributed by atoms with Gasteiger partial charge in [-0.3, -0.25) is 0 Å². The Labute approximate surface area is 123 Å². The normalized spacial score (nSPS) is 12.3. The minimum absolute atomic E-state index is 0.295. The van der Waals surface area contributed by atoms with Gasteiger partial charge in [0.25, 0.3) is 0 Å². The predicted molar refractivity (Wildman–Crippen MR) is 83.0 cm³/mol. The van der Waals surface area contributed by atoms with Crippen LogP contribution in [-0.2, 0) is 0 Å². The van der Waals surface area contributed by atoms with Gasteiger partial charge in [0.05, 0.1) is 0 Å². The zero-order valence-corrected chi connectivity index (χ0v) is 11.7. The molecule has 0 unspecified atom stereocenters. The second kappa shape index (κ2) is 5.54. The molecule has 1 atom stereocenters. The van der Waals surface area contributed by atoms with Crippen LogP contribution in [0.3, 0.4) is 0 Å². The fourth-order valence-electron chi connectivity index (χ4n) is 2.33. The lowest BCUT2D eigenvalue weighted by Crippen LogP contribution is -2.07. The van der Waals surface area contributed by atoms with Gasteiger partial charge in [0.2, 0.25) is 0 Å². The van der Waals surface area contributed by atoms with Crippen molar-refractivity contribution in [1.82, 2.24) is 0 Å². The van der Waals surface area contributed by atoms with Crippen LogP contribution in [0.15, 0.2) is 60.7 Å². The van der Waals surface area contributed by atoms with Crippen LogP contribution in [0.1, 0.15) is 18.5 Å². The molecule has 0 radical (unpaired) electrons. The van der Waals surface area contributed by atoms with Crippen LogP contribution >= 0.6 is 0 Å². The maximum atomic E-state index is 13.3. The van der Waals surface area contributed by atoms with Gasteiger partial charge in [-0.15, -0.1) is 0 Å². The second-order valence-corrected chi connectivity index (χ2v) is 5.08. The number of rotatable bonds is 3. The summed E-state index contributed by atoms with van der Waals surface area (Å²) in [6.45, 7) is 1.81. The minimum atomic E-state index is -0.312. The van der Waals surface area contributed by atoms with Crippen molar-refractivity contribution in [1.29, 1.82) is 0 Å². The summed E-state index contributed by atoms with van der Waals surface area (Å²) in [5, 5.41) is 2.25. The SMILES string of the molecule is C[C@H](N)c1cc(F)ccc1Oc1ccc2ccccc2c1. The largest absolute Gasteiger partial charge is 0.457 e. The van der Waals surface area contributed by atoms with E-state index in [1.807, 2.05) is 49.4 Å². The summed E-state index contributed by atoms with van der Waals surface area (Å²) >= 11 is 0. The number of fused-ring (bicyclic) bond motifs is 1. The van der Waals surface area contributed by atoms with Crippen LogP contribution < -0.4 is 10.5 Å². The fraction of sp³-hybridized carbons (Fsp3) is 0.111. The molecule has 0 saturated carbocycles. The van der Waals surface area contributed by atoms with Gasteiger partial charge in [-0.2, -0.15) is 0 Å². The molecule has 0 aliphatic heterocycles. The van der Waals surface area contributed by atoms with Crippen LogP contribution in [0.2, 0.25) is 0 Å². The van der Waals surface area contributed by atoms with Crippen LogP contribution in [0.5, 0.6) is 11.5 Å². The van der Waals surface area contributed by atoms with E-state index in [0.717, 1.165) is 10.8 Å². The monoisotopic (exact) mass is 281 g/mol. The molecule has 0 fully saturated rings. The summed E-state index contributed by atoms with van der Waals surface area (Å²) in [5.74, 6) is 0.983. The molecule has 3 aromatic rings. The summed E-state index contributed by atoms with van der Waals surface area (Å²) < 4.78 is 19.2. The van der Waals surface area contributed by atoms with Gasteiger partial charge in [-0.05, 0) is 48.0 Å². The highest BCUT2D eigenvalue weighted by molar-refractivity contribution is 5.83. The van der Waals surface area contributed by atoms with Crippen LogP contribution in [0.25, 0.3) is 10.8 Å². The Morgan fingerprint density at radius 1 is 0.952 bits per heavy atom. The summed E-state index contributed by atoms with van der Waals surface area (Å²) in [6.07, 6.45) is 0. The first-order chi connectivity index (χ1) is 10.1. The van der Waals surface area contributed by atoms with Gasteiger partial charge in [0.1, 0.15) is 17.3 Å². The molecule has 3 rings (SSSR count). The summed E-state index contributed by atoms with van der Waals surface area (Å²) in [4.78, 5) is 0. The Morgan fingerprint density at radius 3 is 2.48 bits per heavy atom. The lowest BCUT2D eigenvalue weighted by Gasteiger charge is -2.14. The summed E-state index contributed by atoms with van der Waals surface area (Å²) in [5.41, 5.74) is 6.54. The van der Waals surface area contributed by atoms with Crippen molar-refractivity contribution in [3.63, 3.8) is 0 Å². The highest BCUT2D eigenvalue weighted by Gasteiger charge is 2.10. The van der Waals surface area contributed by atoms with Crippen molar-refractivity contribution in [3.8, 4) is 11.5 Å². The molecule has 2 N–H and O–H groups in total. The van der Waals surface area contributed by atoms with E-state index in [2.05, 4.69) is 0 Å². The number of nitrogens with two attached hydrogens (primary N) is 1. The summed E-state index contributed by atoms with van der Waals surface area (Å²) in [7, 11) is 0. The van der Waals surface area contributed by atoms with Crippen molar-refractivity contribution in [3.05, 3.63) is 72.0 Å². The third-order valence-corrected chi connectivity index (χ3v) is 3.41. The number of hydrogen-bond acceptors (Lipinski definition) is 2. The molecule has 0 spiro atoms. The molecule has 3 heteroatoms. The molecular weight excluding hydrogens is 265 g/mol. The van der Waals surface area contributed by atoms with E-state index in [4.69, 9.17) is 10.5 Å². The molecule has 0 amide bonds. The van der Waals surface area contributed by atoms with Gasteiger partial charge in [0, 0.05) is 11.6 Å². The van der Waals surface area contributed by atoms with Crippen LogP contribution in [0.4, 0.5) is 4.39 Å². The van der Waals surface area contributed by atoms with E-state index in [1.54, 1.807) is 6.07 Å². The van der Waals surface area contributed by atoms with Crippen LogP contribution in [0, 0.1) is 5.82 Å². The lowest BCUT2D eigenvalue weighted by molar-refractivity contribution is 0.470. The van der Waals surface area contributed by atoms with Crippen molar-refractivity contribution in [2.24, 2.45) is 5.73 Å². The standard InChI is InChI=1S/C18H16FNO/c1-12(20)17-11-15(19)7-9-18(17)21-16-8-6-13-4-2-3-5-14(13)10-16/h2-12H,20H2,1H3/t12-/m0/s1. The van der Waals surface area contributed by atoms with E-state index >= 15 is 0 Å². The topological polar surface area (TPSA) is 35.2 Å². The molecule has 2 nitrogen and oxygen atoms in total. The van der Waals surface area contributed by atoms with Gasteiger partial charge in [0.15, 0.2) is 0 Å². The predicted octanol–water partition coefficient (Wildman–Crippen LogP) is 4.79. The Bertz CT molecular complexity index is 783. The zero-order valence-electron chi connectivity index (χ0n) is 11.7. The quantitative estimate of drug-likeness (QED) is 0.749. The highest BCUT2D eigenvalue weighted by atomic mass is 19.1. The maximum Gasteiger partial charge on any atom is 0.132 e. The Kier molecular flexibility index (Phi) is 3.59. The molecule has 0 aliphatic rings. The molecule has 0 aromatic heterocycles. The molecule has 21 heavy (non-hydrogen) atoms. The third kappa shape index (κ3) is 2.88. The Balaban J connectivity index is 1.98. The smallest absolute Gasteiger partial charge is 0.132 e. The second-order valence-electron chi connectivity index (χ2n) is 5.08. The highest BCUT2D eigenvalue weighted by Crippen LogP contribution is 2.31. The average Bonchev–Trinajstić information content (AvgIpc) is 2.49. The average molecular weight is 281 g/mol. The number of ether oxygens (including phenoxy) is 1. The Morgan fingerprint density at radius 2 is 1.71 bits per heavy atom. The maximum absolute atomic E-state index is 13.3. The van der Waals surface area contributed by atoms with Gasteiger partial charge >= 0.3 is 0 Å². The first-order valence-electron chi connectivity index (χ1n) is 6.85. The van der Waals surface area contributed by atoms with Gasteiger partial charge in [-0.25, -0.2) is 4.39 Å². The molecule has 0 saturated heterocycles. The van der Waals surface area contributed by atoms with Gasteiger partial charge in [-0.1, -0.05) is 30.3 Å². The molecule has 0 heterocycles. The molecule has 3 aromatic carbocycles. The van der Waals surface area contributed by atoms with Crippen molar-refractivity contribution >= 4 is 10.8 Å². The third-order valence-electron chi connectivity index (χ3n) is 3.41. The van der Waals surface area contributed by atoms with Crippen molar-refractivity contribution in [2.45, 2.75) is 13.0 Å². The van der Waals surface area contributed by atoms with Crippen molar-refractivity contribution in [2.75, 3.05) is 0 Å². The van der Waals surface area contributed by atoms with E-state index in [0.29, 0.717) is 17.1 Å². The number of hydrogen-bond donors (Lipinski definition) is 1. The van der Waals surface area contributed by atoms with Crippen molar-refractivity contribution < 1.29 is 9.13 Å². The fourth-order valence-corrected chi connectivity index (χ4v) is 2.33. The van der Waals surface area contributed by atoms with E-state index < -0.39 is 0 Å². The molecule has 106 valence electrons. The number of halogens is 1. The first-order valence-corrected chi connectivity index (χ1v) is 6.85. The van der Waals surface area contributed by atoms with Crippen LogP contribution in [-0.4, -0.2) is 0 Å². The lowest BCUT2D eigenvalue weighted by atomic mass is 10.1. The molecular formula is C18H16FNO. The number of benzene rings is 3. The Hall–Kier alpha value is -2.39.